The molecule has 1 N–H and O–H groups in total. The van der Waals surface area contributed by atoms with Gasteiger partial charge in [-0.05, 0) is 43.8 Å². The molecule has 1 unspecified atom stereocenters. The van der Waals surface area contributed by atoms with Crippen LogP contribution in [0.2, 0.25) is 5.02 Å². The van der Waals surface area contributed by atoms with Gasteiger partial charge in [-0.25, -0.2) is 0 Å². The van der Waals surface area contributed by atoms with Gasteiger partial charge in [0.15, 0.2) is 0 Å². The molecule has 0 saturated carbocycles. The molecule has 0 radical (unpaired) electrons. The van der Waals surface area contributed by atoms with E-state index in [2.05, 4.69) is 24.4 Å². The zero-order chi connectivity index (χ0) is 13.1. The molecular formula is C14H16ClNOS. The molecule has 0 fully saturated rings. The van der Waals surface area contributed by atoms with Crippen LogP contribution in [-0.4, -0.2) is 14.2 Å². The zero-order valence-electron chi connectivity index (χ0n) is 10.7. The Morgan fingerprint density at radius 3 is 2.56 bits per heavy atom. The highest BCUT2D eigenvalue weighted by Gasteiger charge is 2.17. The summed E-state index contributed by atoms with van der Waals surface area (Å²) in [7, 11) is 3.59. The van der Waals surface area contributed by atoms with Crippen LogP contribution in [0, 0.1) is 6.92 Å². The minimum Gasteiger partial charge on any atom is -0.497 e. The van der Waals surface area contributed by atoms with E-state index in [4.69, 9.17) is 16.3 Å². The summed E-state index contributed by atoms with van der Waals surface area (Å²) in [5.74, 6) is 0.779. The first-order chi connectivity index (χ1) is 8.65. The Morgan fingerprint density at radius 1 is 1.28 bits per heavy atom. The lowest BCUT2D eigenvalue weighted by atomic mass is 10.1. The van der Waals surface area contributed by atoms with Gasteiger partial charge < -0.3 is 10.1 Å². The highest BCUT2D eigenvalue weighted by atomic mass is 35.5. The van der Waals surface area contributed by atoms with Gasteiger partial charge in [-0.15, -0.1) is 11.3 Å². The number of hydrogen-bond donors (Lipinski definition) is 1. The van der Waals surface area contributed by atoms with E-state index in [0.717, 1.165) is 16.3 Å². The molecule has 0 bridgehead atoms. The molecule has 0 aliphatic rings. The average Bonchev–Trinajstić information content (AvgIpc) is 2.78. The molecule has 2 aromatic rings. The van der Waals surface area contributed by atoms with Crippen LogP contribution in [0.1, 0.15) is 21.4 Å². The lowest BCUT2D eigenvalue weighted by Crippen LogP contribution is -2.16. The molecule has 1 atom stereocenters. The summed E-state index contributed by atoms with van der Waals surface area (Å²) in [6.07, 6.45) is 0. The van der Waals surface area contributed by atoms with Gasteiger partial charge in [-0.2, -0.15) is 0 Å². The SMILES string of the molecule is CNC(c1ccc(C)s1)c1ccc(OC)cc1Cl. The number of benzene rings is 1. The zero-order valence-corrected chi connectivity index (χ0v) is 12.2. The van der Waals surface area contributed by atoms with E-state index in [1.54, 1.807) is 18.4 Å². The normalized spacial score (nSPS) is 12.4. The molecule has 0 aliphatic carbocycles. The van der Waals surface area contributed by atoms with Gasteiger partial charge in [0.05, 0.1) is 13.2 Å². The highest BCUT2D eigenvalue weighted by Crippen LogP contribution is 2.33. The second-order valence-corrected chi connectivity index (χ2v) is 5.78. The number of ether oxygens (including phenoxy) is 1. The van der Waals surface area contributed by atoms with E-state index in [0.29, 0.717) is 0 Å². The predicted molar refractivity (Wildman–Crippen MR) is 78.0 cm³/mol. The van der Waals surface area contributed by atoms with Crippen molar-refractivity contribution < 1.29 is 4.74 Å². The van der Waals surface area contributed by atoms with Crippen molar-refractivity contribution in [1.82, 2.24) is 5.32 Å². The Kier molecular flexibility index (Phi) is 4.27. The summed E-state index contributed by atoms with van der Waals surface area (Å²) < 4.78 is 5.17. The van der Waals surface area contributed by atoms with Crippen LogP contribution < -0.4 is 10.1 Å². The Balaban J connectivity index is 2.39. The van der Waals surface area contributed by atoms with Gasteiger partial charge in [-0.1, -0.05) is 17.7 Å². The maximum Gasteiger partial charge on any atom is 0.120 e. The second kappa shape index (κ2) is 5.74. The molecule has 1 heterocycles. The van der Waals surface area contributed by atoms with E-state index >= 15 is 0 Å². The fourth-order valence-corrected chi connectivity index (χ4v) is 3.21. The molecule has 0 spiro atoms. The van der Waals surface area contributed by atoms with Crippen LogP contribution in [0.15, 0.2) is 30.3 Å². The van der Waals surface area contributed by atoms with Crippen molar-refractivity contribution in [2.45, 2.75) is 13.0 Å². The fraction of sp³-hybridized carbons (Fsp3) is 0.286. The van der Waals surface area contributed by atoms with Crippen molar-refractivity contribution in [3.05, 3.63) is 50.7 Å². The van der Waals surface area contributed by atoms with Gasteiger partial charge in [-0.3, -0.25) is 0 Å². The van der Waals surface area contributed by atoms with Crippen molar-refractivity contribution in [3.8, 4) is 5.75 Å². The molecule has 4 heteroatoms. The predicted octanol–water partition coefficient (Wildman–Crippen LogP) is 4.03. The first-order valence-corrected chi connectivity index (χ1v) is 6.92. The molecule has 18 heavy (non-hydrogen) atoms. The number of aryl methyl sites for hydroxylation is 1. The average molecular weight is 282 g/mol. The van der Waals surface area contributed by atoms with Crippen LogP contribution in [0.25, 0.3) is 0 Å². The quantitative estimate of drug-likeness (QED) is 0.914. The van der Waals surface area contributed by atoms with Crippen molar-refractivity contribution in [2.24, 2.45) is 0 Å². The number of methoxy groups -OCH3 is 1. The topological polar surface area (TPSA) is 21.3 Å². The summed E-state index contributed by atoms with van der Waals surface area (Å²) >= 11 is 8.10. The third-order valence-corrected chi connectivity index (χ3v) is 4.25. The molecule has 0 amide bonds. The Morgan fingerprint density at radius 2 is 2.06 bits per heavy atom. The summed E-state index contributed by atoms with van der Waals surface area (Å²) in [6.45, 7) is 2.11. The minimum atomic E-state index is 0.127. The third kappa shape index (κ3) is 2.69. The summed E-state index contributed by atoms with van der Waals surface area (Å²) in [6, 6.07) is 10.2. The highest BCUT2D eigenvalue weighted by molar-refractivity contribution is 7.12. The molecule has 2 rings (SSSR count). The number of thiophene rings is 1. The number of hydrogen-bond acceptors (Lipinski definition) is 3. The molecule has 1 aromatic heterocycles. The molecule has 0 saturated heterocycles. The van der Waals surface area contributed by atoms with Crippen LogP contribution >= 0.6 is 22.9 Å². The van der Waals surface area contributed by atoms with Crippen LogP contribution in [0.3, 0.4) is 0 Å². The van der Waals surface area contributed by atoms with Gasteiger partial charge in [0.1, 0.15) is 5.75 Å². The Hall–Kier alpha value is -1.03. The Labute approximate surface area is 117 Å². The Bertz CT molecular complexity index is 538. The summed E-state index contributed by atoms with van der Waals surface area (Å²) in [5, 5.41) is 4.03. The van der Waals surface area contributed by atoms with E-state index in [1.807, 2.05) is 25.2 Å². The third-order valence-electron chi connectivity index (χ3n) is 2.85. The van der Waals surface area contributed by atoms with Crippen molar-refractivity contribution >= 4 is 22.9 Å². The maximum atomic E-state index is 6.32. The van der Waals surface area contributed by atoms with Crippen molar-refractivity contribution in [2.75, 3.05) is 14.2 Å². The minimum absolute atomic E-state index is 0.127. The van der Waals surface area contributed by atoms with Crippen LogP contribution in [-0.2, 0) is 0 Å². The smallest absolute Gasteiger partial charge is 0.120 e. The van der Waals surface area contributed by atoms with Gasteiger partial charge in [0.2, 0.25) is 0 Å². The largest absolute Gasteiger partial charge is 0.497 e. The first-order valence-electron chi connectivity index (χ1n) is 5.72. The number of halogens is 1. The van der Waals surface area contributed by atoms with E-state index in [9.17, 15) is 0 Å². The van der Waals surface area contributed by atoms with E-state index < -0.39 is 0 Å². The number of nitrogens with one attached hydrogen (secondary N) is 1. The number of rotatable bonds is 4. The van der Waals surface area contributed by atoms with E-state index in [-0.39, 0.29) is 6.04 Å². The van der Waals surface area contributed by atoms with Gasteiger partial charge >= 0.3 is 0 Å². The molecule has 0 aliphatic heterocycles. The van der Waals surface area contributed by atoms with Crippen molar-refractivity contribution in [1.29, 1.82) is 0 Å². The summed E-state index contributed by atoms with van der Waals surface area (Å²) in [4.78, 5) is 2.57. The molecule has 2 nitrogen and oxygen atoms in total. The van der Waals surface area contributed by atoms with Crippen LogP contribution in [0.4, 0.5) is 0 Å². The molecule has 1 aromatic carbocycles. The van der Waals surface area contributed by atoms with Crippen LogP contribution in [0.5, 0.6) is 5.75 Å². The monoisotopic (exact) mass is 281 g/mol. The van der Waals surface area contributed by atoms with Gasteiger partial charge in [0, 0.05) is 14.8 Å². The second-order valence-electron chi connectivity index (χ2n) is 4.06. The molecule has 96 valence electrons. The van der Waals surface area contributed by atoms with Gasteiger partial charge in [0.25, 0.3) is 0 Å². The fourth-order valence-electron chi connectivity index (χ4n) is 1.93. The first kappa shape index (κ1) is 13.4. The summed E-state index contributed by atoms with van der Waals surface area (Å²) in [5.41, 5.74) is 1.07. The lowest BCUT2D eigenvalue weighted by molar-refractivity contribution is 0.414. The van der Waals surface area contributed by atoms with E-state index in [1.165, 1.54) is 9.75 Å². The maximum absolute atomic E-state index is 6.32. The molecular weight excluding hydrogens is 266 g/mol. The lowest BCUT2D eigenvalue weighted by Gasteiger charge is -2.17. The standard InChI is InChI=1S/C14H16ClNOS/c1-9-4-7-13(18-9)14(16-2)11-6-5-10(17-3)8-12(11)15/h4-8,14,16H,1-3H3. The van der Waals surface area contributed by atoms with Crippen molar-refractivity contribution in [3.63, 3.8) is 0 Å².